The minimum atomic E-state index is -3.39. The largest absolute Gasteiger partial charge is 0.496 e. The van der Waals surface area contributed by atoms with Gasteiger partial charge in [-0.1, -0.05) is 18.2 Å². The molecule has 0 aliphatic heterocycles. The highest BCUT2D eigenvalue weighted by atomic mass is 32.2. The molecule has 0 amide bonds. The first-order valence-electron chi connectivity index (χ1n) is 5.78. The number of ether oxygens (including phenoxy) is 1. The molecule has 0 radical (unpaired) electrons. The minimum absolute atomic E-state index is 0.0523. The average molecular weight is 272 g/mol. The molecule has 6 heteroatoms. The molecule has 3 N–H and O–H groups in total. The summed E-state index contributed by atoms with van der Waals surface area (Å²) < 4.78 is 26.8. The van der Waals surface area contributed by atoms with Crippen LogP contribution in [0.5, 0.6) is 5.75 Å². The lowest BCUT2D eigenvalue weighted by atomic mass is 10.1. The van der Waals surface area contributed by atoms with Crippen molar-refractivity contribution in [1.82, 2.24) is 5.32 Å². The van der Waals surface area contributed by atoms with Crippen LogP contribution in [-0.2, 0) is 16.4 Å². The number of hydrogen-bond donors (Lipinski definition) is 2. The molecule has 0 saturated heterocycles. The predicted molar refractivity (Wildman–Crippen MR) is 72.1 cm³/mol. The number of methoxy groups -OCH3 is 1. The van der Waals surface area contributed by atoms with Crippen LogP contribution < -0.4 is 15.2 Å². The van der Waals surface area contributed by atoms with Crippen LogP contribution in [-0.4, -0.2) is 33.9 Å². The summed E-state index contributed by atoms with van der Waals surface area (Å²) >= 11 is 0. The van der Waals surface area contributed by atoms with Gasteiger partial charge in [0.25, 0.3) is 0 Å². The Kier molecular flexibility index (Phi) is 5.58. The SMILES string of the molecule is COc1ccccc1CC(C)NCCS(N)(=O)=O. The molecule has 0 aromatic heterocycles. The highest BCUT2D eigenvalue weighted by Gasteiger charge is 2.08. The summed E-state index contributed by atoms with van der Waals surface area (Å²) in [5, 5.41) is 8.06. The zero-order valence-electron chi connectivity index (χ0n) is 10.7. The van der Waals surface area contributed by atoms with E-state index in [0.29, 0.717) is 6.54 Å². The van der Waals surface area contributed by atoms with E-state index in [2.05, 4.69) is 5.32 Å². The van der Waals surface area contributed by atoms with Gasteiger partial charge in [-0.15, -0.1) is 0 Å². The summed E-state index contributed by atoms with van der Waals surface area (Å²) in [5.74, 6) is 0.793. The number of nitrogens with one attached hydrogen (secondary N) is 1. The van der Waals surface area contributed by atoms with Gasteiger partial charge in [0, 0.05) is 12.6 Å². The molecular formula is C12H20N2O3S. The summed E-state index contributed by atoms with van der Waals surface area (Å²) in [5.41, 5.74) is 1.09. The van der Waals surface area contributed by atoms with Gasteiger partial charge < -0.3 is 10.1 Å². The Morgan fingerprint density at radius 1 is 1.39 bits per heavy atom. The first kappa shape index (κ1) is 14.9. The van der Waals surface area contributed by atoms with E-state index in [4.69, 9.17) is 9.88 Å². The van der Waals surface area contributed by atoms with Gasteiger partial charge in [-0.05, 0) is 25.0 Å². The summed E-state index contributed by atoms with van der Waals surface area (Å²) in [4.78, 5) is 0. The molecule has 5 nitrogen and oxygen atoms in total. The number of rotatable bonds is 7. The van der Waals surface area contributed by atoms with Crippen molar-refractivity contribution in [1.29, 1.82) is 0 Å². The van der Waals surface area contributed by atoms with Crippen LogP contribution in [0, 0.1) is 0 Å². The van der Waals surface area contributed by atoms with E-state index in [1.54, 1.807) is 7.11 Å². The number of nitrogens with two attached hydrogens (primary N) is 1. The molecule has 18 heavy (non-hydrogen) atoms. The van der Waals surface area contributed by atoms with Crippen molar-refractivity contribution in [2.45, 2.75) is 19.4 Å². The van der Waals surface area contributed by atoms with Gasteiger partial charge in [0.15, 0.2) is 0 Å². The van der Waals surface area contributed by atoms with Crippen molar-refractivity contribution in [3.05, 3.63) is 29.8 Å². The fourth-order valence-corrected chi connectivity index (χ4v) is 2.12. The van der Waals surface area contributed by atoms with Gasteiger partial charge in [-0.25, -0.2) is 13.6 Å². The van der Waals surface area contributed by atoms with E-state index in [0.717, 1.165) is 17.7 Å². The maximum atomic E-state index is 10.8. The maximum Gasteiger partial charge on any atom is 0.210 e. The van der Waals surface area contributed by atoms with Gasteiger partial charge in [0.05, 0.1) is 12.9 Å². The average Bonchev–Trinajstić information content (AvgIpc) is 2.28. The lowest BCUT2D eigenvalue weighted by Gasteiger charge is -2.15. The number of hydrogen-bond acceptors (Lipinski definition) is 4. The third-order valence-electron chi connectivity index (χ3n) is 2.60. The first-order valence-corrected chi connectivity index (χ1v) is 7.49. The van der Waals surface area contributed by atoms with Gasteiger partial charge in [0.1, 0.15) is 5.75 Å². The second-order valence-electron chi connectivity index (χ2n) is 4.24. The predicted octanol–water partition coefficient (Wildman–Crippen LogP) is 0.504. The normalized spacial score (nSPS) is 13.3. The molecule has 1 aromatic rings. The Balaban J connectivity index is 2.47. The van der Waals surface area contributed by atoms with Gasteiger partial charge in [0.2, 0.25) is 10.0 Å². The summed E-state index contributed by atoms with van der Waals surface area (Å²) in [6, 6.07) is 7.93. The molecule has 1 rings (SSSR count). The maximum absolute atomic E-state index is 10.8. The number of sulfonamides is 1. The Morgan fingerprint density at radius 3 is 2.67 bits per heavy atom. The highest BCUT2D eigenvalue weighted by molar-refractivity contribution is 7.89. The molecule has 1 unspecified atom stereocenters. The molecule has 0 heterocycles. The first-order chi connectivity index (χ1) is 8.42. The van der Waals surface area contributed by atoms with Crippen molar-refractivity contribution in [2.75, 3.05) is 19.4 Å². The third kappa shape index (κ3) is 5.48. The van der Waals surface area contributed by atoms with E-state index in [-0.39, 0.29) is 11.8 Å². The van der Waals surface area contributed by atoms with Gasteiger partial charge >= 0.3 is 0 Å². The summed E-state index contributed by atoms with van der Waals surface area (Å²) in [6.45, 7) is 2.35. The van der Waals surface area contributed by atoms with Crippen molar-refractivity contribution >= 4 is 10.0 Å². The van der Waals surface area contributed by atoms with Crippen LogP contribution in [0.25, 0.3) is 0 Å². The second-order valence-corrected chi connectivity index (χ2v) is 5.97. The van der Waals surface area contributed by atoms with E-state index in [9.17, 15) is 8.42 Å². The molecule has 0 fully saturated rings. The minimum Gasteiger partial charge on any atom is -0.496 e. The molecule has 0 aliphatic rings. The van der Waals surface area contributed by atoms with Crippen molar-refractivity contribution < 1.29 is 13.2 Å². The molecule has 102 valence electrons. The molecule has 0 spiro atoms. The Hall–Kier alpha value is -1.11. The smallest absolute Gasteiger partial charge is 0.210 e. The standard InChI is InChI=1S/C12H20N2O3S/c1-10(14-7-8-18(13,15)16)9-11-5-3-4-6-12(11)17-2/h3-6,10,14H,7-9H2,1-2H3,(H2,13,15,16). The van der Waals surface area contributed by atoms with Crippen molar-refractivity contribution in [3.63, 3.8) is 0 Å². The topological polar surface area (TPSA) is 81.4 Å². The zero-order valence-corrected chi connectivity index (χ0v) is 11.5. The van der Waals surface area contributed by atoms with E-state index >= 15 is 0 Å². The number of primary sulfonamides is 1. The van der Waals surface area contributed by atoms with E-state index < -0.39 is 10.0 Å². The van der Waals surface area contributed by atoms with Crippen LogP contribution in [0.4, 0.5) is 0 Å². The Labute approximate surface area is 108 Å². The molecule has 1 aromatic carbocycles. The quantitative estimate of drug-likeness (QED) is 0.757. The van der Waals surface area contributed by atoms with Crippen molar-refractivity contribution in [3.8, 4) is 5.75 Å². The van der Waals surface area contributed by atoms with E-state index in [1.807, 2.05) is 31.2 Å². The molecule has 0 aliphatic carbocycles. The van der Waals surface area contributed by atoms with Crippen molar-refractivity contribution in [2.24, 2.45) is 5.14 Å². The lowest BCUT2D eigenvalue weighted by Crippen LogP contribution is -2.34. The fraction of sp³-hybridized carbons (Fsp3) is 0.500. The highest BCUT2D eigenvalue weighted by Crippen LogP contribution is 2.18. The van der Waals surface area contributed by atoms with E-state index in [1.165, 1.54) is 0 Å². The Bertz CT molecular complexity index is 474. The number of para-hydroxylation sites is 1. The van der Waals surface area contributed by atoms with Crippen LogP contribution in [0.3, 0.4) is 0 Å². The second kappa shape index (κ2) is 6.72. The molecule has 1 atom stereocenters. The molecule has 0 saturated carbocycles. The lowest BCUT2D eigenvalue weighted by molar-refractivity contribution is 0.406. The van der Waals surface area contributed by atoms with Crippen LogP contribution in [0.15, 0.2) is 24.3 Å². The molecular weight excluding hydrogens is 252 g/mol. The number of benzene rings is 1. The zero-order chi connectivity index (χ0) is 13.6. The van der Waals surface area contributed by atoms with Crippen LogP contribution in [0.1, 0.15) is 12.5 Å². The van der Waals surface area contributed by atoms with Gasteiger partial charge in [-0.2, -0.15) is 0 Å². The third-order valence-corrected chi connectivity index (χ3v) is 3.37. The summed E-state index contributed by atoms with van der Waals surface area (Å²) in [7, 11) is -1.76. The fourth-order valence-electron chi connectivity index (χ4n) is 1.72. The van der Waals surface area contributed by atoms with Crippen LogP contribution >= 0.6 is 0 Å². The monoisotopic (exact) mass is 272 g/mol. The Morgan fingerprint density at radius 2 is 2.06 bits per heavy atom. The summed E-state index contributed by atoms with van der Waals surface area (Å²) in [6.07, 6.45) is 0.772. The van der Waals surface area contributed by atoms with Crippen LogP contribution in [0.2, 0.25) is 0 Å². The molecule has 0 bridgehead atoms. The van der Waals surface area contributed by atoms with Gasteiger partial charge in [-0.3, -0.25) is 0 Å².